The first-order valence-corrected chi connectivity index (χ1v) is 7.47. The number of hydrogen-bond donors (Lipinski definition) is 2. The summed E-state index contributed by atoms with van der Waals surface area (Å²) < 4.78 is 0. The van der Waals surface area contributed by atoms with Crippen molar-refractivity contribution in [3.05, 3.63) is 6.07 Å². The summed E-state index contributed by atoms with van der Waals surface area (Å²) in [5.74, 6) is 2.03. The fourth-order valence-electron chi connectivity index (χ4n) is 2.71. The third-order valence-corrected chi connectivity index (χ3v) is 4.00. The van der Waals surface area contributed by atoms with E-state index >= 15 is 0 Å². The van der Waals surface area contributed by atoms with Crippen molar-refractivity contribution in [1.82, 2.24) is 14.9 Å². The van der Waals surface area contributed by atoms with Gasteiger partial charge in [0, 0.05) is 38.8 Å². The van der Waals surface area contributed by atoms with Crippen LogP contribution in [0, 0.1) is 0 Å². The van der Waals surface area contributed by atoms with Crippen LogP contribution in [-0.4, -0.2) is 54.1 Å². The van der Waals surface area contributed by atoms with E-state index in [2.05, 4.69) is 39.1 Å². The minimum Gasteiger partial charge on any atom is -0.370 e. The Morgan fingerprint density at radius 1 is 1.35 bits per heavy atom. The van der Waals surface area contributed by atoms with Gasteiger partial charge in [0.1, 0.15) is 11.6 Å². The minimum absolute atomic E-state index is 0.330. The van der Waals surface area contributed by atoms with Crippen molar-refractivity contribution >= 4 is 17.6 Å². The average Bonchev–Trinajstić information content (AvgIpc) is 2.46. The lowest BCUT2D eigenvalue weighted by atomic mass is 10.0. The van der Waals surface area contributed by atoms with E-state index in [-0.39, 0.29) is 0 Å². The normalized spacial score (nSPS) is 17.1. The molecule has 0 radical (unpaired) electrons. The number of anilines is 3. The third kappa shape index (κ3) is 3.50. The van der Waals surface area contributed by atoms with E-state index in [4.69, 9.17) is 5.73 Å². The van der Waals surface area contributed by atoms with E-state index in [1.165, 1.54) is 12.8 Å². The van der Waals surface area contributed by atoms with Gasteiger partial charge in [-0.1, -0.05) is 6.92 Å². The lowest BCUT2D eigenvalue weighted by molar-refractivity contribution is 0.220. The van der Waals surface area contributed by atoms with Crippen LogP contribution >= 0.6 is 0 Å². The van der Waals surface area contributed by atoms with Gasteiger partial charge in [-0.05, 0) is 26.3 Å². The first-order chi connectivity index (χ1) is 9.63. The molecule has 3 N–H and O–H groups in total. The summed E-state index contributed by atoms with van der Waals surface area (Å²) in [7, 11) is 2.10. The lowest BCUT2D eigenvalue weighted by Crippen LogP contribution is -2.43. The molecule has 1 aromatic heterocycles. The van der Waals surface area contributed by atoms with E-state index in [0.29, 0.717) is 12.0 Å². The molecule has 0 unspecified atom stereocenters. The van der Waals surface area contributed by atoms with Crippen LogP contribution in [0.1, 0.15) is 26.7 Å². The zero-order valence-corrected chi connectivity index (χ0v) is 12.8. The van der Waals surface area contributed by atoms with Crippen LogP contribution in [-0.2, 0) is 0 Å². The zero-order valence-electron chi connectivity index (χ0n) is 12.8. The summed E-state index contributed by atoms with van der Waals surface area (Å²) in [6.07, 6.45) is 2.34. The number of nitrogens with one attached hydrogen (secondary N) is 1. The number of likely N-dealkylation sites (tertiary alicyclic amines) is 1. The highest BCUT2D eigenvalue weighted by molar-refractivity contribution is 5.52. The van der Waals surface area contributed by atoms with Crippen molar-refractivity contribution in [2.75, 3.05) is 49.2 Å². The van der Waals surface area contributed by atoms with Gasteiger partial charge in [-0.15, -0.1) is 0 Å². The number of hydrogen-bond acceptors (Lipinski definition) is 6. The molecule has 6 heteroatoms. The van der Waals surface area contributed by atoms with Crippen molar-refractivity contribution < 1.29 is 0 Å². The van der Waals surface area contributed by atoms with Crippen LogP contribution in [0.15, 0.2) is 6.07 Å². The number of nitrogens with two attached hydrogens (primary N) is 1. The van der Waals surface area contributed by atoms with Crippen LogP contribution in [0.5, 0.6) is 0 Å². The van der Waals surface area contributed by atoms with Crippen LogP contribution in [0.4, 0.5) is 17.6 Å². The Hall–Kier alpha value is -1.56. The van der Waals surface area contributed by atoms with Crippen LogP contribution < -0.4 is 16.0 Å². The van der Waals surface area contributed by atoms with E-state index in [1.807, 2.05) is 13.0 Å². The van der Waals surface area contributed by atoms with Crippen molar-refractivity contribution in [3.63, 3.8) is 0 Å². The topological polar surface area (TPSA) is 70.3 Å². The smallest absolute Gasteiger partial charge is 0.223 e. The largest absolute Gasteiger partial charge is 0.370 e. The molecular weight excluding hydrogens is 252 g/mol. The molecule has 1 aliphatic heterocycles. The van der Waals surface area contributed by atoms with Crippen LogP contribution in [0.3, 0.4) is 0 Å². The second kappa shape index (κ2) is 6.74. The van der Waals surface area contributed by atoms with Crippen molar-refractivity contribution in [3.8, 4) is 0 Å². The Morgan fingerprint density at radius 3 is 2.65 bits per heavy atom. The van der Waals surface area contributed by atoms with Gasteiger partial charge in [0.25, 0.3) is 0 Å². The molecule has 1 aromatic rings. The highest BCUT2D eigenvalue weighted by Gasteiger charge is 2.23. The highest BCUT2D eigenvalue weighted by atomic mass is 15.2. The second-order valence-electron chi connectivity index (χ2n) is 5.28. The Balaban J connectivity index is 2.07. The number of aromatic nitrogens is 2. The van der Waals surface area contributed by atoms with Gasteiger partial charge in [-0.2, -0.15) is 9.97 Å². The number of piperidine rings is 1. The van der Waals surface area contributed by atoms with Crippen molar-refractivity contribution in [1.29, 1.82) is 0 Å². The number of nitrogen functional groups attached to an aromatic ring is 1. The molecule has 0 aromatic carbocycles. The molecule has 6 nitrogen and oxygen atoms in total. The first-order valence-electron chi connectivity index (χ1n) is 7.47. The average molecular weight is 278 g/mol. The standard InChI is InChI=1S/C14H26N6/c1-4-16-12-10-13(18-14(15)17-12)19(3)11-6-8-20(5-2)9-7-11/h10-11H,4-9H2,1-3H3,(H3,15,16,17,18). The molecule has 0 amide bonds. The molecular formula is C14H26N6. The maximum Gasteiger partial charge on any atom is 0.223 e. The Kier molecular flexibility index (Phi) is 5.00. The van der Waals surface area contributed by atoms with Gasteiger partial charge in [0.15, 0.2) is 0 Å². The molecule has 2 heterocycles. The first kappa shape index (κ1) is 14.8. The number of rotatable bonds is 5. The van der Waals surface area contributed by atoms with E-state index < -0.39 is 0 Å². The third-order valence-electron chi connectivity index (χ3n) is 4.00. The number of nitrogens with zero attached hydrogens (tertiary/aromatic N) is 4. The van der Waals surface area contributed by atoms with Crippen molar-refractivity contribution in [2.24, 2.45) is 0 Å². The Bertz CT molecular complexity index is 428. The fourth-order valence-corrected chi connectivity index (χ4v) is 2.71. The van der Waals surface area contributed by atoms with Gasteiger partial charge in [-0.3, -0.25) is 0 Å². The van der Waals surface area contributed by atoms with E-state index in [0.717, 1.165) is 37.8 Å². The minimum atomic E-state index is 0.330. The Labute approximate surface area is 121 Å². The highest BCUT2D eigenvalue weighted by Crippen LogP contribution is 2.22. The maximum absolute atomic E-state index is 5.80. The molecule has 20 heavy (non-hydrogen) atoms. The molecule has 2 rings (SSSR count). The quantitative estimate of drug-likeness (QED) is 0.848. The molecule has 0 spiro atoms. The molecule has 1 saturated heterocycles. The molecule has 0 atom stereocenters. The van der Waals surface area contributed by atoms with E-state index in [9.17, 15) is 0 Å². The zero-order chi connectivity index (χ0) is 14.5. The summed E-state index contributed by atoms with van der Waals surface area (Å²) in [6.45, 7) is 8.55. The van der Waals surface area contributed by atoms with E-state index in [1.54, 1.807) is 0 Å². The fraction of sp³-hybridized carbons (Fsp3) is 0.714. The summed E-state index contributed by atoms with van der Waals surface area (Å²) in [5, 5.41) is 3.20. The molecule has 0 aliphatic carbocycles. The predicted molar refractivity (Wildman–Crippen MR) is 84.1 cm³/mol. The van der Waals surface area contributed by atoms with Gasteiger partial charge >= 0.3 is 0 Å². The SMILES string of the molecule is CCNc1cc(N(C)C2CCN(CC)CC2)nc(N)n1. The molecule has 1 fully saturated rings. The van der Waals surface area contributed by atoms with Gasteiger partial charge in [0.2, 0.25) is 5.95 Å². The summed E-state index contributed by atoms with van der Waals surface area (Å²) in [4.78, 5) is 13.3. The van der Waals surface area contributed by atoms with Gasteiger partial charge < -0.3 is 20.9 Å². The van der Waals surface area contributed by atoms with Gasteiger partial charge in [0.05, 0.1) is 0 Å². The predicted octanol–water partition coefficient (Wildman–Crippen LogP) is 1.41. The summed E-state index contributed by atoms with van der Waals surface area (Å²) in [6, 6.07) is 2.51. The lowest BCUT2D eigenvalue weighted by Gasteiger charge is -2.36. The molecule has 0 bridgehead atoms. The van der Waals surface area contributed by atoms with Crippen LogP contribution in [0.25, 0.3) is 0 Å². The monoisotopic (exact) mass is 278 g/mol. The second-order valence-corrected chi connectivity index (χ2v) is 5.28. The van der Waals surface area contributed by atoms with Gasteiger partial charge in [-0.25, -0.2) is 0 Å². The van der Waals surface area contributed by atoms with Crippen LogP contribution in [0.2, 0.25) is 0 Å². The Morgan fingerprint density at radius 2 is 2.05 bits per heavy atom. The summed E-state index contributed by atoms with van der Waals surface area (Å²) in [5.41, 5.74) is 5.80. The molecule has 112 valence electrons. The molecule has 0 saturated carbocycles. The summed E-state index contributed by atoms with van der Waals surface area (Å²) >= 11 is 0. The van der Waals surface area contributed by atoms with Crippen molar-refractivity contribution in [2.45, 2.75) is 32.7 Å². The maximum atomic E-state index is 5.80. The molecule has 1 aliphatic rings.